The van der Waals surface area contributed by atoms with Crippen LogP contribution < -0.4 is 5.32 Å². The van der Waals surface area contributed by atoms with Gasteiger partial charge in [0.15, 0.2) is 0 Å². The van der Waals surface area contributed by atoms with Crippen LogP contribution in [-0.4, -0.2) is 48.6 Å². The number of aryl methyl sites for hydroxylation is 2. The van der Waals surface area contributed by atoms with Crippen molar-refractivity contribution in [2.45, 2.75) is 20.0 Å². The van der Waals surface area contributed by atoms with Crippen molar-refractivity contribution in [3.8, 4) is 0 Å². The maximum Gasteiger partial charge on any atom is 0.255 e. The highest BCUT2D eigenvalue weighted by Gasteiger charge is 2.25. The molecule has 0 spiro atoms. The standard InChI is InChI=1S/C13H19N3O2/c1-9-6-10(2)14-12(7-9)15-13(17)11-8-16(3)4-5-18-11/h6-7,11H,4-5,8H2,1-3H3,(H,14,15,17)/t11-/m1/s1. The lowest BCUT2D eigenvalue weighted by molar-refractivity contribution is -0.132. The van der Waals surface area contributed by atoms with Gasteiger partial charge >= 0.3 is 0 Å². The van der Waals surface area contributed by atoms with Crippen molar-refractivity contribution < 1.29 is 9.53 Å². The Hall–Kier alpha value is -1.46. The lowest BCUT2D eigenvalue weighted by atomic mass is 10.2. The van der Waals surface area contributed by atoms with Gasteiger partial charge in [-0.25, -0.2) is 4.98 Å². The van der Waals surface area contributed by atoms with Crippen molar-refractivity contribution in [1.82, 2.24) is 9.88 Å². The number of anilines is 1. The molecule has 0 aromatic carbocycles. The number of ether oxygens (including phenoxy) is 1. The molecule has 0 radical (unpaired) electrons. The molecule has 5 nitrogen and oxygen atoms in total. The van der Waals surface area contributed by atoms with Crippen molar-refractivity contribution in [2.24, 2.45) is 0 Å². The summed E-state index contributed by atoms with van der Waals surface area (Å²) >= 11 is 0. The van der Waals surface area contributed by atoms with Gasteiger partial charge in [-0.3, -0.25) is 4.79 Å². The van der Waals surface area contributed by atoms with Crippen LogP contribution in [0.15, 0.2) is 12.1 Å². The van der Waals surface area contributed by atoms with Crippen LogP contribution in [0.5, 0.6) is 0 Å². The molecule has 1 fully saturated rings. The van der Waals surface area contributed by atoms with E-state index in [2.05, 4.69) is 15.2 Å². The van der Waals surface area contributed by atoms with Crippen molar-refractivity contribution in [2.75, 3.05) is 32.1 Å². The molecule has 1 aliphatic rings. The van der Waals surface area contributed by atoms with Gasteiger partial charge in [0, 0.05) is 18.8 Å². The van der Waals surface area contributed by atoms with Gasteiger partial charge in [0.05, 0.1) is 6.61 Å². The molecule has 0 aliphatic carbocycles. The molecule has 1 aliphatic heterocycles. The molecule has 18 heavy (non-hydrogen) atoms. The summed E-state index contributed by atoms with van der Waals surface area (Å²) in [6.07, 6.45) is -0.411. The first-order valence-corrected chi connectivity index (χ1v) is 6.11. The number of amides is 1. The molecule has 1 atom stereocenters. The smallest absolute Gasteiger partial charge is 0.255 e. The van der Waals surface area contributed by atoms with Crippen LogP contribution in [0.3, 0.4) is 0 Å². The minimum Gasteiger partial charge on any atom is -0.366 e. The van der Waals surface area contributed by atoms with E-state index < -0.39 is 6.10 Å². The third kappa shape index (κ3) is 3.27. The topological polar surface area (TPSA) is 54.5 Å². The number of aromatic nitrogens is 1. The molecule has 2 heterocycles. The molecule has 2 rings (SSSR count). The maximum absolute atomic E-state index is 12.0. The van der Waals surface area contributed by atoms with Crippen LogP contribution in [0, 0.1) is 13.8 Å². The lowest BCUT2D eigenvalue weighted by Gasteiger charge is -2.28. The summed E-state index contributed by atoms with van der Waals surface area (Å²) < 4.78 is 5.46. The number of carbonyl (C=O) groups is 1. The first-order chi connectivity index (χ1) is 8.54. The van der Waals surface area contributed by atoms with Crippen LogP contribution in [-0.2, 0) is 9.53 Å². The normalized spacial score (nSPS) is 20.7. The zero-order valence-electron chi connectivity index (χ0n) is 11.1. The van der Waals surface area contributed by atoms with E-state index in [9.17, 15) is 4.79 Å². The Bertz CT molecular complexity index is 428. The van der Waals surface area contributed by atoms with E-state index in [1.165, 1.54) is 0 Å². The Labute approximate surface area is 107 Å². The van der Waals surface area contributed by atoms with Crippen LogP contribution in [0.2, 0.25) is 0 Å². The number of nitrogens with zero attached hydrogens (tertiary/aromatic N) is 2. The molecule has 1 amide bonds. The number of likely N-dealkylation sites (N-methyl/N-ethyl adjacent to an activating group) is 1. The van der Waals surface area contributed by atoms with Gasteiger partial charge in [-0.05, 0) is 38.6 Å². The minimum atomic E-state index is -0.411. The Morgan fingerprint density at radius 1 is 1.50 bits per heavy atom. The predicted octanol–water partition coefficient (Wildman–Crippen LogP) is 0.968. The average Bonchev–Trinajstić information content (AvgIpc) is 2.27. The highest BCUT2D eigenvalue weighted by molar-refractivity contribution is 5.93. The molecule has 0 bridgehead atoms. The van der Waals surface area contributed by atoms with E-state index >= 15 is 0 Å². The van der Waals surface area contributed by atoms with Gasteiger partial charge in [-0.2, -0.15) is 0 Å². The number of nitrogens with one attached hydrogen (secondary N) is 1. The predicted molar refractivity (Wildman–Crippen MR) is 69.6 cm³/mol. The number of rotatable bonds is 2. The lowest BCUT2D eigenvalue weighted by Crippen LogP contribution is -2.46. The van der Waals surface area contributed by atoms with Crippen LogP contribution in [0.4, 0.5) is 5.82 Å². The summed E-state index contributed by atoms with van der Waals surface area (Å²) in [7, 11) is 1.98. The summed E-state index contributed by atoms with van der Waals surface area (Å²) in [4.78, 5) is 18.4. The van der Waals surface area contributed by atoms with E-state index in [1.54, 1.807) is 0 Å². The molecule has 0 unspecified atom stereocenters. The van der Waals surface area contributed by atoms with Crippen LogP contribution >= 0.6 is 0 Å². The molecule has 1 saturated heterocycles. The van der Waals surface area contributed by atoms with Crippen molar-refractivity contribution >= 4 is 11.7 Å². The second kappa shape index (κ2) is 5.46. The fraction of sp³-hybridized carbons (Fsp3) is 0.538. The Kier molecular flexibility index (Phi) is 3.93. The van der Waals surface area contributed by atoms with Gasteiger partial charge in [0.1, 0.15) is 11.9 Å². The average molecular weight is 249 g/mol. The maximum atomic E-state index is 12.0. The second-order valence-corrected chi connectivity index (χ2v) is 4.78. The number of pyridine rings is 1. The van der Waals surface area contributed by atoms with Gasteiger partial charge in [0.2, 0.25) is 0 Å². The zero-order chi connectivity index (χ0) is 13.1. The van der Waals surface area contributed by atoms with Crippen LogP contribution in [0.1, 0.15) is 11.3 Å². The summed E-state index contributed by atoms with van der Waals surface area (Å²) in [5.74, 6) is 0.466. The number of hydrogen-bond acceptors (Lipinski definition) is 4. The first-order valence-electron chi connectivity index (χ1n) is 6.11. The Morgan fingerprint density at radius 3 is 2.94 bits per heavy atom. The second-order valence-electron chi connectivity index (χ2n) is 4.78. The third-order valence-electron chi connectivity index (χ3n) is 2.91. The van der Waals surface area contributed by atoms with Crippen LogP contribution in [0.25, 0.3) is 0 Å². The molecule has 0 saturated carbocycles. The van der Waals surface area contributed by atoms with E-state index in [0.29, 0.717) is 19.0 Å². The van der Waals surface area contributed by atoms with Crippen molar-refractivity contribution in [3.63, 3.8) is 0 Å². The van der Waals surface area contributed by atoms with E-state index in [1.807, 2.05) is 33.0 Å². The summed E-state index contributed by atoms with van der Waals surface area (Å²) in [6.45, 7) is 5.97. The molecule has 5 heteroatoms. The minimum absolute atomic E-state index is 0.126. The first kappa shape index (κ1) is 13.0. The van der Waals surface area contributed by atoms with E-state index in [0.717, 1.165) is 17.8 Å². The zero-order valence-corrected chi connectivity index (χ0v) is 11.1. The van der Waals surface area contributed by atoms with E-state index in [4.69, 9.17) is 4.74 Å². The summed E-state index contributed by atoms with van der Waals surface area (Å²) in [5, 5.41) is 2.81. The SMILES string of the molecule is Cc1cc(C)nc(NC(=O)[C@H]2CN(C)CCO2)c1. The summed E-state index contributed by atoms with van der Waals surface area (Å²) in [5.41, 5.74) is 1.98. The van der Waals surface area contributed by atoms with Gasteiger partial charge in [0.25, 0.3) is 5.91 Å². The fourth-order valence-corrected chi connectivity index (χ4v) is 2.05. The third-order valence-corrected chi connectivity index (χ3v) is 2.91. The number of carbonyl (C=O) groups excluding carboxylic acids is 1. The number of morpholine rings is 1. The van der Waals surface area contributed by atoms with Gasteiger partial charge in [-0.15, -0.1) is 0 Å². The van der Waals surface area contributed by atoms with Gasteiger partial charge in [-0.1, -0.05) is 0 Å². The molecule has 98 valence electrons. The molecular weight excluding hydrogens is 230 g/mol. The molecular formula is C13H19N3O2. The fourth-order valence-electron chi connectivity index (χ4n) is 2.05. The van der Waals surface area contributed by atoms with Crippen molar-refractivity contribution in [3.05, 3.63) is 23.4 Å². The molecule has 1 aromatic rings. The highest BCUT2D eigenvalue weighted by Crippen LogP contribution is 2.11. The van der Waals surface area contributed by atoms with Crippen molar-refractivity contribution in [1.29, 1.82) is 0 Å². The summed E-state index contributed by atoms with van der Waals surface area (Å²) in [6, 6.07) is 3.83. The monoisotopic (exact) mass is 249 g/mol. The quantitative estimate of drug-likeness (QED) is 0.848. The Balaban J connectivity index is 2.02. The molecule has 1 N–H and O–H groups in total. The molecule has 1 aromatic heterocycles. The van der Waals surface area contributed by atoms with Gasteiger partial charge < -0.3 is 15.0 Å². The number of hydrogen-bond donors (Lipinski definition) is 1. The Morgan fingerprint density at radius 2 is 2.28 bits per heavy atom. The highest BCUT2D eigenvalue weighted by atomic mass is 16.5. The largest absolute Gasteiger partial charge is 0.366 e. The van der Waals surface area contributed by atoms with E-state index in [-0.39, 0.29) is 5.91 Å².